The molecule has 1 rings (SSSR count). The summed E-state index contributed by atoms with van der Waals surface area (Å²) in [5.74, 6) is 0.172. The number of aliphatic hydroxyl groups is 1. The van der Waals surface area contributed by atoms with Gasteiger partial charge in [0.2, 0.25) is 0 Å². The average Bonchev–Trinajstić information content (AvgIpc) is 2.56. The molecule has 0 aromatic rings. The van der Waals surface area contributed by atoms with Crippen LogP contribution in [0.1, 0.15) is 46.5 Å². The third kappa shape index (κ3) is 7.74. The number of ether oxygens (including phenoxy) is 1. The Balaban J connectivity index is 2.45. The van der Waals surface area contributed by atoms with Crippen LogP contribution < -0.4 is 5.73 Å². The van der Waals surface area contributed by atoms with Gasteiger partial charge in [0.15, 0.2) is 0 Å². The number of likely N-dealkylation sites (N-methyl/N-ethyl adjacent to an activating group) is 2. The second-order valence-electron chi connectivity index (χ2n) is 8.25. The fourth-order valence-electron chi connectivity index (χ4n) is 2.98. The molecule has 0 spiro atoms. The van der Waals surface area contributed by atoms with E-state index in [1.165, 1.54) is 6.20 Å². The number of aliphatic hydroxyl groups excluding tert-OH is 1. The van der Waals surface area contributed by atoms with Crippen molar-refractivity contribution in [2.24, 2.45) is 11.7 Å². The second-order valence-corrected chi connectivity index (χ2v) is 8.25. The Kier molecular flexibility index (Phi) is 8.56. The van der Waals surface area contributed by atoms with E-state index in [0.29, 0.717) is 25.3 Å². The molecule has 0 aromatic carbocycles. The number of nitrogens with two attached hydrogens (primary N) is 1. The van der Waals surface area contributed by atoms with Gasteiger partial charge in [-0.05, 0) is 53.5 Å². The Bertz CT molecular complexity index is 505. The first-order valence-corrected chi connectivity index (χ1v) is 9.33. The van der Waals surface area contributed by atoms with Crippen LogP contribution in [-0.4, -0.2) is 72.1 Å². The van der Waals surface area contributed by atoms with Crippen molar-refractivity contribution >= 4 is 11.8 Å². The van der Waals surface area contributed by atoms with Gasteiger partial charge in [0.25, 0.3) is 0 Å². The van der Waals surface area contributed by atoms with Crippen molar-refractivity contribution in [3.8, 4) is 0 Å². The molecule has 0 atom stereocenters. The number of rotatable bonds is 7. The smallest absolute Gasteiger partial charge is 0.410 e. The molecule has 0 aromatic heterocycles. The van der Waals surface area contributed by atoms with E-state index in [1.807, 2.05) is 32.7 Å². The molecule has 7 nitrogen and oxygen atoms in total. The lowest BCUT2D eigenvalue weighted by molar-refractivity contribution is 0.0288. The maximum absolute atomic E-state index is 12.0. The molecular weight excluding hydrogens is 332 g/mol. The minimum atomic E-state index is -0.505. The second kappa shape index (κ2) is 9.92. The van der Waals surface area contributed by atoms with Crippen LogP contribution in [-0.2, 0) is 4.74 Å². The van der Waals surface area contributed by atoms with E-state index < -0.39 is 5.60 Å². The topological polar surface area (TPSA) is 103 Å². The SMILES string of the molecule is CN(CCN(C)C(=O)OC(C)(C)C)C/C(=C/N)C(=N)C1CCC(O)CC1. The summed E-state index contributed by atoms with van der Waals surface area (Å²) in [6, 6.07) is 0. The highest BCUT2D eigenvalue weighted by atomic mass is 16.6. The predicted octanol–water partition coefficient (Wildman–Crippen LogP) is 2.20. The number of hydrogen-bond donors (Lipinski definition) is 3. The minimum absolute atomic E-state index is 0.172. The zero-order valence-corrected chi connectivity index (χ0v) is 16.9. The zero-order valence-electron chi connectivity index (χ0n) is 16.9. The van der Waals surface area contributed by atoms with Gasteiger partial charge in [-0.15, -0.1) is 0 Å². The summed E-state index contributed by atoms with van der Waals surface area (Å²) in [7, 11) is 3.67. The van der Waals surface area contributed by atoms with E-state index in [9.17, 15) is 9.90 Å². The largest absolute Gasteiger partial charge is 0.444 e. The van der Waals surface area contributed by atoms with Gasteiger partial charge in [-0.25, -0.2) is 4.79 Å². The summed E-state index contributed by atoms with van der Waals surface area (Å²) in [6.07, 6.45) is 4.12. The highest BCUT2D eigenvalue weighted by molar-refractivity contribution is 5.99. The van der Waals surface area contributed by atoms with Crippen molar-refractivity contribution in [3.63, 3.8) is 0 Å². The Morgan fingerprint density at radius 1 is 1.23 bits per heavy atom. The van der Waals surface area contributed by atoms with Gasteiger partial charge in [0.05, 0.1) is 6.10 Å². The van der Waals surface area contributed by atoms with Gasteiger partial charge >= 0.3 is 6.09 Å². The fraction of sp³-hybridized carbons (Fsp3) is 0.789. The van der Waals surface area contributed by atoms with E-state index in [0.717, 1.165) is 31.3 Å². The maximum atomic E-state index is 12.0. The zero-order chi connectivity index (χ0) is 19.9. The summed E-state index contributed by atoms with van der Waals surface area (Å²) >= 11 is 0. The van der Waals surface area contributed by atoms with Gasteiger partial charge in [-0.1, -0.05) is 0 Å². The highest BCUT2D eigenvalue weighted by Crippen LogP contribution is 2.27. The molecule has 0 heterocycles. The van der Waals surface area contributed by atoms with E-state index >= 15 is 0 Å². The molecular formula is C19H36N4O3. The molecule has 0 saturated heterocycles. The van der Waals surface area contributed by atoms with Gasteiger partial charge in [-0.3, -0.25) is 0 Å². The number of nitrogens with one attached hydrogen (secondary N) is 1. The highest BCUT2D eigenvalue weighted by Gasteiger charge is 2.25. The molecule has 1 aliphatic rings. The van der Waals surface area contributed by atoms with Crippen LogP contribution in [0.2, 0.25) is 0 Å². The van der Waals surface area contributed by atoms with Crippen molar-refractivity contribution < 1.29 is 14.6 Å². The van der Waals surface area contributed by atoms with Crippen molar-refractivity contribution in [3.05, 3.63) is 11.8 Å². The van der Waals surface area contributed by atoms with Crippen molar-refractivity contribution in [1.82, 2.24) is 9.80 Å². The third-order valence-electron chi connectivity index (χ3n) is 4.61. The van der Waals surface area contributed by atoms with Crippen LogP contribution in [0.4, 0.5) is 4.79 Å². The average molecular weight is 369 g/mol. The van der Waals surface area contributed by atoms with E-state index in [2.05, 4.69) is 0 Å². The third-order valence-corrected chi connectivity index (χ3v) is 4.61. The number of carbonyl (C=O) groups excluding carboxylic acids is 1. The Morgan fingerprint density at radius 2 is 1.81 bits per heavy atom. The molecule has 1 aliphatic carbocycles. The van der Waals surface area contributed by atoms with Gasteiger partial charge < -0.3 is 30.8 Å². The van der Waals surface area contributed by atoms with Gasteiger partial charge in [0, 0.05) is 50.1 Å². The number of hydrogen-bond acceptors (Lipinski definition) is 6. The van der Waals surface area contributed by atoms with Crippen LogP contribution in [0.15, 0.2) is 11.8 Å². The summed E-state index contributed by atoms with van der Waals surface area (Å²) in [4.78, 5) is 15.6. The van der Waals surface area contributed by atoms with Crippen LogP contribution in [0.3, 0.4) is 0 Å². The molecule has 1 amide bonds. The summed E-state index contributed by atoms with van der Waals surface area (Å²) in [5, 5.41) is 18.1. The number of amides is 1. The van der Waals surface area contributed by atoms with Crippen molar-refractivity contribution in [2.45, 2.75) is 58.2 Å². The van der Waals surface area contributed by atoms with Gasteiger partial charge in [0.1, 0.15) is 5.60 Å². The molecule has 7 heteroatoms. The molecule has 4 N–H and O–H groups in total. The van der Waals surface area contributed by atoms with E-state index in [4.69, 9.17) is 15.9 Å². The van der Waals surface area contributed by atoms with E-state index in [-0.39, 0.29) is 18.1 Å². The monoisotopic (exact) mass is 368 g/mol. The van der Waals surface area contributed by atoms with E-state index in [1.54, 1.807) is 11.9 Å². The van der Waals surface area contributed by atoms with Crippen molar-refractivity contribution in [2.75, 3.05) is 33.7 Å². The van der Waals surface area contributed by atoms with Crippen LogP contribution >= 0.6 is 0 Å². The fourth-order valence-corrected chi connectivity index (χ4v) is 2.98. The number of nitrogens with zero attached hydrogens (tertiary/aromatic N) is 2. The molecule has 1 fully saturated rings. The predicted molar refractivity (Wildman–Crippen MR) is 104 cm³/mol. The summed E-state index contributed by atoms with van der Waals surface area (Å²) < 4.78 is 5.34. The van der Waals surface area contributed by atoms with Crippen molar-refractivity contribution in [1.29, 1.82) is 5.41 Å². The molecule has 26 heavy (non-hydrogen) atoms. The first kappa shape index (κ1) is 22.4. The molecule has 0 bridgehead atoms. The summed E-state index contributed by atoms with van der Waals surface area (Å²) in [6.45, 7) is 7.30. The van der Waals surface area contributed by atoms with Gasteiger partial charge in [-0.2, -0.15) is 0 Å². The molecule has 150 valence electrons. The lowest BCUT2D eigenvalue weighted by Gasteiger charge is -2.29. The minimum Gasteiger partial charge on any atom is -0.444 e. The van der Waals surface area contributed by atoms with Crippen LogP contribution in [0, 0.1) is 11.3 Å². The first-order chi connectivity index (χ1) is 12.0. The van der Waals surface area contributed by atoms with Crippen LogP contribution in [0.5, 0.6) is 0 Å². The summed E-state index contributed by atoms with van der Waals surface area (Å²) in [5.41, 5.74) is 6.65. The lowest BCUT2D eigenvalue weighted by atomic mass is 9.82. The first-order valence-electron chi connectivity index (χ1n) is 9.33. The maximum Gasteiger partial charge on any atom is 0.410 e. The normalized spacial score (nSPS) is 21.6. The van der Waals surface area contributed by atoms with Crippen LogP contribution in [0.25, 0.3) is 0 Å². The Hall–Kier alpha value is -1.60. The Labute approximate surface area is 157 Å². The lowest BCUT2D eigenvalue weighted by Crippen LogP contribution is -2.39. The molecule has 0 radical (unpaired) electrons. The number of carbonyl (C=O) groups is 1. The molecule has 0 unspecified atom stereocenters. The Morgan fingerprint density at radius 3 is 2.31 bits per heavy atom. The standard InChI is InChI=1S/C19H36N4O3/c1-19(2,3)26-18(25)23(5)11-10-22(4)13-15(12-20)17(21)14-6-8-16(24)9-7-14/h12,14,16,21,24H,6-11,13,20H2,1-5H3/b15-12-,21-17?. The quantitative estimate of drug-likeness (QED) is 0.598. The molecule has 1 saturated carbocycles. The molecule has 0 aliphatic heterocycles.